The van der Waals surface area contributed by atoms with E-state index in [1.54, 1.807) is 0 Å². The summed E-state index contributed by atoms with van der Waals surface area (Å²) in [6, 6.07) is 6.53. The van der Waals surface area contributed by atoms with Crippen LogP contribution in [-0.4, -0.2) is 34.0 Å². The highest BCUT2D eigenvalue weighted by molar-refractivity contribution is 5.85. The van der Waals surface area contributed by atoms with Gasteiger partial charge in [-0.05, 0) is 26.0 Å². The molecule has 0 aliphatic carbocycles. The molecule has 0 spiro atoms. The van der Waals surface area contributed by atoms with Crippen molar-refractivity contribution in [1.82, 2.24) is 20.2 Å². The summed E-state index contributed by atoms with van der Waals surface area (Å²) < 4.78 is 28.5. The predicted octanol–water partition coefficient (Wildman–Crippen LogP) is 3.07. The Balaban J connectivity index is 0.00000156. The summed E-state index contributed by atoms with van der Waals surface area (Å²) in [4.78, 5) is 16.8. The van der Waals surface area contributed by atoms with Crippen molar-refractivity contribution in [3.05, 3.63) is 30.1 Å². The number of halogens is 4. The van der Waals surface area contributed by atoms with Crippen molar-refractivity contribution >= 4 is 41.8 Å². The van der Waals surface area contributed by atoms with Crippen molar-refractivity contribution in [3.63, 3.8) is 0 Å². The van der Waals surface area contributed by atoms with Gasteiger partial charge < -0.3 is 9.88 Å². The zero-order chi connectivity index (χ0) is 16.6. The first kappa shape index (κ1) is 21.6. The van der Waals surface area contributed by atoms with Crippen LogP contribution in [0.4, 0.5) is 8.78 Å². The average molecular weight is 395 g/mol. The third-order valence-corrected chi connectivity index (χ3v) is 4.17. The van der Waals surface area contributed by atoms with E-state index in [-0.39, 0.29) is 30.9 Å². The molecule has 1 fully saturated rings. The Kier molecular flexibility index (Phi) is 7.17. The molecule has 1 aliphatic rings. The fourth-order valence-electron chi connectivity index (χ4n) is 3.04. The number of carbonyl (C=O) groups is 1. The van der Waals surface area contributed by atoms with Gasteiger partial charge >= 0.3 is 0 Å². The average Bonchev–Trinajstić information content (AvgIpc) is 3.07. The van der Waals surface area contributed by atoms with E-state index in [1.165, 1.54) is 0 Å². The number of nitrogens with zero attached hydrogens (tertiary/aromatic N) is 2. The number of nitrogens with one attached hydrogen (secondary N) is 2. The summed E-state index contributed by atoms with van der Waals surface area (Å²) in [7, 11) is 0. The Morgan fingerprint density at radius 3 is 2.72 bits per heavy atom. The summed E-state index contributed by atoms with van der Waals surface area (Å²) >= 11 is 0. The van der Waals surface area contributed by atoms with Crippen LogP contribution >= 0.6 is 24.8 Å². The second kappa shape index (κ2) is 8.29. The van der Waals surface area contributed by atoms with Gasteiger partial charge in [0.1, 0.15) is 5.82 Å². The van der Waals surface area contributed by atoms with E-state index in [4.69, 9.17) is 0 Å². The van der Waals surface area contributed by atoms with Crippen molar-refractivity contribution in [2.24, 2.45) is 0 Å². The van der Waals surface area contributed by atoms with Crippen LogP contribution in [0.5, 0.6) is 0 Å². The number of para-hydroxylation sites is 2. The molecule has 1 amide bonds. The van der Waals surface area contributed by atoms with Crippen molar-refractivity contribution in [3.8, 4) is 0 Å². The second-order valence-corrected chi connectivity index (χ2v) is 5.93. The molecule has 1 aliphatic heterocycles. The second-order valence-electron chi connectivity index (χ2n) is 5.93. The molecule has 2 heterocycles. The molecule has 1 saturated heterocycles. The number of amides is 1. The molecule has 2 atom stereocenters. The minimum absolute atomic E-state index is 0. The van der Waals surface area contributed by atoms with Crippen molar-refractivity contribution in [2.45, 2.75) is 44.8 Å². The Morgan fingerprint density at radius 1 is 1.44 bits per heavy atom. The number of alkyl halides is 2. The molecule has 25 heavy (non-hydrogen) atoms. The number of aromatic nitrogens is 2. The number of imidazole rings is 1. The Labute approximate surface area is 157 Å². The molecule has 0 saturated carbocycles. The minimum atomic E-state index is -2.82. The number of hydrogen-bond acceptors (Lipinski definition) is 3. The SMILES string of the molecule is CCn1c(C(C)NC(=O)C2CC(F)(F)CN2)nc2ccccc21.Cl.Cl. The lowest BCUT2D eigenvalue weighted by molar-refractivity contribution is -0.124. The highest BCUT2D eigenvalue weighted by atomic mass is 35.5. The molecule has 2 N–H and O–H groups in total. The van der Waals surface area contributed by atoms with Crippen LogP contribution < -0.4 is 10.6 Å². The van der Waals surface area contributed by atoms with E-state index >= 15 is 0 Å². The largest absolute Gasteiger partial charge is 0.345 e. The van der Waals surface area contributed by atoms with E-state index < -0.39 is 30.8 Å². The van der Waals surface area contributed by atoms with Crippen LogP contribution in [0.15, 0.2) is 24.3 Å². The molecule has 9 heteroatoms. The molecule has 5 nitrogen and oxygen atoms in total. The molecule has 1 aromatic heterocycles. The lowest BCUT2D eigenvalue weighted by Gasteiger charge is -2.18. The van der Waals surface area contributed by atoms with Gasteiger partial charge in [-0.15, -0.1) is 24.8 Å². The summed E-state index contributed by atoms with van der Waals surface area (Å²) in [5, 5.41) is 5.36. The van der Waals surface area contributed by atoms with Crippen molar-refractivity contribution in [2.75, 3.05) is 6.54 Å². The van der Waals surface area contributed by atoms with Crippen LogP contribution in [0.25, 0.3) is 11.0 Å². The quantitative estimate of drug-likeness (QED) is 0.837. The molecular weight excluding hydrogens is 373 g/mol. The Morgan fingerprint density at radius 2 is 2.12 bits per heavy atom. The number of hydrogen-bond donors (Lipinski definition) is 2. The zero-order valence-corrected chi connectivity index (χ0v) is 15.6. The molecular formula is C16H22Cl2F2N4O. The normalized spacial score (nSPS) is 19.8. The maximum absolute atomic E-state index is 13.2. The van der Waals surface area contributed by atoms with Gasteiger partial charge in [-0.25, -0.2) is 13.8 Å². The molecule has 2 unspecified atom stereocenters. The third-order valence-electron chi connectivity index (χ3n) is 4.17. The predicted molar refractivity (Wildman–Crippen MR) is 97.8 cm³/mol. The van der Waals surface area contributed by atoms with Crippen molar-refractivity contribution in [1.29, 1.82) is 0 Å². The highest BCUT2D eigenvalue weighted by Gasteiger charge is 2.42. The molecule has 3 rings (SSSR count). The van der Waals surface area contributed by atoms with E-state index in [0.717, 1.165) is 23.4 Å². The van der Waals surface area contributed by atoms with E-state index in [2.05, 4.69) is 15.6 Å². The smallest absolute Gasteiger partial charge is 0.262 e. The summed E-state index contributed by atoms with van der Waals surface area (Å²) in [6.45, 7) is 4.09. The summed E-state index contributed by atoms with van der Waals surface area (Å²) in [5.41, 5.74) is 1.85. The van der Waals surface area contributed by atoms with Gasteiger partial charge in [0.15, 0.2) is 0 Å². The molecule has 0 radical (unpaired) electrons. The minimum Gasteiger partial charge on any atom is -0.345 e. The lowest BCUT2D eigenvalue weighted by atomic mass is 10.1. The van der Waals surface area contributed by atoms with Gasteiger partial charge in [0.25, 0.3) is 5.92 Å². The highest BCUT2D eigenvalue weighted by Crippen LogP contribution is 2.26. The maximum atomic E-state index is 13.2. The third kappa shape index (κ3) is 4.40. The van der Waals surface area contributed by atoms with Crippen LogP contribution in [0.1, 0.15) is 32.1 Å². The van der Waals surface area contributed by atoms with Gasteiger partial charge in [-0.1, -0.05) is 12.1 Å². The van der Waals surface area contributed by atoms with Gasteiger partial charge in [-0.2, -0.15) is 0 Å². The Hall–Kier alpha value is -1.44. The molecule has 2 aromatic rings. The van der Waals surface area contributed by atoms with Crippen LogP contribution in [0.3, 0.4) is 0 Å². The van der Waals surface area contributed by atoms with E-state index in [0.29, 0.717) is 0 Å². The summed E-state index contributed by atoms with van der Waals surface area (Å²) in [5.74, 6) is -2.50. The lowest BCUT2D eigenvalue weighted by Crippen LogP contribution is -2.42. The van der Waals surface area contributed by atoms with Crippen LogP contribution in [0.2, 0.25) is 0 Å². The van der Waals surface area contributed by atoms with E-state index in [1.807, 2.05) is 42.7 Å². The number of carbonyl (C=O) groups excluding carboxylic acids is 1. The number of fused-ring (bicyclic) bond motifs is 1. The first-order valence-corrected chi connectivity index (χ1v) is 7.78. The van der Waals surface area contributed by atoms with Gasteiger partial charge in [0.2, 0.25) is 5.91 Å². The topological polar surface area (TPSA) is 59.0 Å². The summed E-state index contributed by atoms with van der Waals surface area (Å²) in [6.07, 6.45) is -0.463. The van der Waals surface area contributed by atoms with Crippen molar-refractivity contribution < 1.29 is 13.6 Å². The Bertz CT molecular complexity index is 738. The zero-order valence-electron chi connectivity index (χ0n) is 14.0. The standard InChI is InChI=1S/C16H20F2N4O.2ClH/c1-3-22-13-7-5-4-6-11(13)21-14(22)10(2)20-15(23)12-8-16(17,18)9-19-12;;/h4-7,10,12,19H,3,8-9H2,1-2H3,(H,20,23);2*1H. The first-order valence-electron chi connectivity index (χ1n) is 7.78. The molecule has 0 bridgehead atoms. The number of benzene rings is 1. The fourth-order valence-corrected chi connectivity index (χ4v) is 3.04. The maximum Gasteiger partial charge on any atom is 0.262 e. The monoisotopic (exact) mass is 394 g/mol. The fraction of sp³-hybridized carbons (Fsp3) is 0.500. The first-order chi connectivity index (χ1) is 10.9. The number of rotatable bonds is 4. The van der Waals surface area contributed by atoms with Crippen LogP contribution in [-0.2, 0) is 11.3 Å². The van der Waals surface area contributed by atoms with Gasteiger partial charge in [-0.3, -0.25) is 10.1 Å². The number of aryl methyl sites for hydroxylation is 1. The van der Waals surface area contributed by atoms with E-state index in [9.17, 15) is 13.6 Å². The molecule has 1 aromatic carbocycles. The molecule has 140 valence electrons. The van der Waals surface area contributed by atoms with Gasteiger partial charge in [0, 0.05) is 13.0 Å². The van der Waals surface area contributed by atoms with Gasteiger partial charge in [0.05, 0.1) is 29.7 Å². The van der Waals surface area contributed by atoms with Crippen LogP contribution in [0, 0.1) is 0 Å².